The van der Waals surface area contributed by atoms with Crippen LogP contribution in [0.5, 0.6) is 0 Å². The highest BCUT2D eigenvalue weighted by Crippen LogP contribution is 2.25. The van der Waals surface area contributed by atoms with Crippen LogP contribution < -0.4 is 0 Å². The summed E-state index contributed by atoms with van der Waals surface area (Å²) in [6.45, 7) is 2.57. The fourth-order valence-electron chi connectivity index (χ4n) is 5.32. The van der Waals surface area contributed by atoms with Crippen molar-refractivity contribution in [1.29, 1.82) is 0 Å². The number of ether oxygens (including phenoxy) is 3. The number of carbonyl (C=O) groups is 3. The van der Waals surface area contributed by atoms with E-state index < -0.39 is 85.6 Å². The van der Waals surface area contributed by atoms with Crippen molar-refractivity contribution < 1.29 is 69.2 Å². The van der Waals surface area contributed by atoms with Gasteiger partial charge < -0.3 is 59.7 Å². The van der Waals surface area contributed by atoms with Crippen molar-refractivity contribution in [2.45, 2.75) is 120 Å². The van der Waals surface area contributed by atoms with E-state index in [9.17, 15) is 50.1 Å². The number of carbonyl (C=O) groups excluding carboxylic acids is 3. The van der Waals surface area contributed by atoms with E-state index in [-0.39, 0.29) is 25.9 Å². The van der Waals surface area contributed by atoms with Crippen molar-refractivity contribution in [3.63, 3.8) is 0 Å². The van der Waals surface area contributed by atoms with Crippen LogP contribution in [-0.4, -0.2) is 158 Å². The van der Waals surface area contributed by atoms with Crippen LogP contribution in [0.4, 0.5) is 0 Å². The van der Waals surface area contributed by atoms with Crippen molar-refractivity contribution in [1.82, 2.24) is 9.96 Å². The lowest BCUT2D eigenvalue weighted by Gasteiger charge is -2.40. The Balaban J connectivity index is 1.45. The number of imide groups is 1. The van der Waals surface area contributed by atoms with Gasteiger partial charge in [0.1, 0.15) is 42.7 Å². The van der Waals surface area contributed by atoms with Crippen molar-refractivity contribution in [3.8, 4) is 0 Å². The topological polar surface area (TPSA) is 236 Å². The summed E-state index contributed by atoms with van der Waals surface area (Å²) >= 11 is 0. The molecule has 0 saturated carbocycles. The Hall–Kier alpha value is -1.83. The minimum atomic E-state index is -1.56. The predicted molar refractivity (Wildman–Crippen MR) is 143 cm³/mol. The average Bonchev–Trinajstić information content (AvgIpc) is 3.30. The molecule has 16 nitrogen and oxygen atoms in total. The van der Waals surface area contributed by atoms with Gasteiger partial charge in [0.05, 0.1) is 25.4 Å². The molecule has 0 spiro atoms. The van der Waals surface area contributed by atoms with E-state index in [2.05, 4.69) is 0 Å². The quantitative estimate of drug-likeness (QED) is 0.0668. The Morgan fingerprint density at radius 3 is 2.12 bits per heavy atom. The molecule has 0 aromatic rings. The molecule has 16 heteroatoms. The van der Waals surface area contributed by atoms with Crippen molar-refractivity contribution >= 4 is 17.8 Å². The molecule has 0 aliphatic carbocycles. The Labute approximate surface area is 249 Å². The SMILES string of the molecule is C[C@@H]1OC(CCCN(CCCCCC(=O)ON2C(=O)CCC2=O)CCO[C@@H]2O[C@H](CO)[C@@H](O)[C@H](O)[C@H]2O)[C@@H](O)[C@H](O)[C@@H]1O. The van der Waals surface area contributed by atoms with Gasteiger partial charge in [-0.05, 0) is 45.7 Å². The molecule has 0 radical (unpaired) electrons. The average molecular weight is 623 g/mol. The highest BCUT2D eigenvalue weighted by atomic mass is 16.7. The van der Waals surface area contributed by atoms with Gasteiger partial charge in [0.15, 0.2) is 6.29 Å². The van der Waals surface area contributed by atoms with E-state index >= 15 is 0 Å². The normalized spacial score (nSPS) is 35.1. The summed E-state index contributed by atoms with van der Waals surface area (Å²) in [6.07, 6.45) is -9.18. The fourth-order valence-corrected chi connectivity index (χ4v) is 5.32. The highest BCUT2D eigenvalue weighted by molar-refractivity contribution is 6.01. The van der Waals surface area contributed by atoms with Crippen molar-refractivity contribution in [3.05, 3.63) is 0 Å². The van der Waals surface area contributed by atoms with Gasteiger partial charge in [-0.25, -0.2) is 4.79 Å². The molecule has 0 aromatic heterocycles. The molecule has 3 fully saturated rings. The number of hydrogen-bond acceptors (Lipinski definition) is 15. The first-order valence-corrected chi connectivity index (χ1v) is 14.8. The summed E-state index contributed by atoms with van der Waals surface area (Å²) in [4.78, 5) is 42.1. The minimum Gasteiger partial charge on any atom is -0.394 e. The lowest BCUT2D eigenvalue weighted by Crippen LogP contribution is -2.59. The van der Waals surface area contributed by atoms with Gasteiger partial charge in [-0.3, -0.25) is 9.59 Å². The molecule has 43 heavy (non-hydrogen) atoms. The Kier molecular flexibility index (Phi) is 14.1. The first-order valence-electron chi connectivity index (χ1n) is 14.8. The lowest BCUT2D eigenvalue weighted by atomic mass is 9.93. The van der Waals surface area contributed by atoms with Crippen molar-refractivity contribution in [2.75, 3.05) is 32.8 Å². The molecule has 248 valence electrons. The van der Waals surface area contributed by atoms with Gasteiger partial charge in [-0.2, -0.15) is 0 Å². The molecule has 7 N–H and O–H groups in total. The number of rotatable bonds is 16. The van der Waals surface area contributed by atoms with Crippen LogP contribution in [0.3, 0.4) is 0 Å². The molecule has 10 atom stereocenters. The van der Waals surface area contributed by atoms with Gasteiger partial charge in [0, 0.05) is 25.8 Å². The van der Waals surface area contributed by atoms with E-state index in [1.807, 2.05) is 4.90 Å². The van der Waals surface area contributed by atoms with Crippen LogP contribution in [-0.2, 0) is 33.4 Å². The second-order valence-electron chi connectivity index (χ2n) is 11.3. The third-order valence-electron chi connectivity index (χ3n) is 8.01. The smallest absolute Gasteiger partial charge is 0.333 e. The number of hydrogen-bond donors (Lipinski definition) is 7. The van der Waals surface area contributed by atoms with E-state index in [0.29, 0.717) is 56.8 Å². The fraction of sp³-hybridized carbons (Fsp3) is 0.889. The number of hydroxylamine groups is 2. The first kappa shape index (κ1) is 35.6. The predicted octanol–water partition coefficient (Wildman–Crippen LogP) is -3.08. The molecule has 0 bridgehead atoms. The zero-order chi connectivity index (χ0) is 31.7. The summed E-state index contributed by atoms with van der Waals surface area (Å²) in [5, 5.41) is 70.4. The van der Waals surface area contributed by atoms with Gasteiger partial charge in [-0.15, -0.1) is 5.06 Å². The molecule has 3 rings (SSSR count). The molecule has 0 aromatic carbocycles. The standard InChI is InChI=1S/C27H46N2O14/c1-15-21(34)24(37)22(35)16(41-15)6-5-11-28(12-13-40-27-26(39)25(38)23(36)17(14-30)42-27)10-4-2-3-7-20(33)43-29-18(31)8-9-19(29)32/h15-17,21-27,30,34-39H,2-14H2,1H3/t15-,16?,17+,21+,22+,23+,24+,25-,26+,27+/m0/s1. The monoisotopic (exact) mass is 622 g/mol. The second-order valence-corrected chi connectivity index (χ2v) is 11.3. The zero-order valence-corrected chi connectivity index (χ0v) is 24.3. The summed E-state index contributed by atoms with van der Waals surface area (Å²) in [5.74, 6) is -1.74. The summed E-state index contributed by atoms with van der Waals surface area (Å²) in [6, 6.07) is 0. The summed E-state index contributed by atoms with van der Waals surface area (Å²) in [5.41, 5.74) is 0. The maximum absolute atomic E-state index is 12.0. The second kappa shape index (κ2) is 17.0. The molecular formula is C27H46N2O14. The minimum absolute atomic E-state index is 0.0233. The first-order chi connectivity index (χ1) is 20.4. The largest absolute Gasteiger partial charge is 0.394 e. The molecular weight excluding hydrogens is 576 g/mol. The van der Waals surface area contributed by atoms with E-state index in [4.69, 9.17) is 19.0 Å². The van der Waals surface area contributed by atoms with E-state index in [1.54, 1.807) is 6.92 Å². The lowest BCUT2D eigenvalue weighted by molar-refractivity contribution is -0.301. The molecule has 1 unspecified atom stereocenters. The molecule has 3 aliphatic rings. The molecule has 3 aliphatic heterocycles. The van der Waals surface area contributed by atoms with Gasteiger partial charge in [0.2, 0.25) is 0 Å². The van der Waals surface area contributed by atoms with Crippen LogP contribution in [0.25, 0.3) is 0 Å². The van der Waals surface area contributed by atoms with E-state index in [0.717, 1.165) is 0 Å². The Morgan fingerprint density at radius 1 is 0.814 bits per heavy atom. The number of aliphatic hydroxyl groups is 7. The highest BCUT2D eigenvalue weighted by Gasteiger charge is 2.44. The molecule has 2 amide bonds. The molecule has 3 saturated heterocycles. The Bertz CT molecular complexity index is 893. The maximum Gasteiger partial charge on any atom is 0.333 e. The number of aliphatic hydroxyl groups excluding tert-OH is 7. The molecule has 3 heterocycles. The van der Waals surface area contributed by atoms with Crippen LogP contribution in [0, 0.1) is 0 Å². The van der Waals surface area contributed by atoms with E-state index in [1.165, 1.54) is 0 Å². The van der Waals surface area contributed by atoms with Crippen LogP contribution >= 0.6 is 0 Å². The summed E-state index contributed by atoms with van der Waals surface area (Å²) in [7, 11) is 0. The van der Waals surface area contributed by atoms with Crippen LogP contribution in [0.15, 0.2) is 0 Å². The third-order valence-corrected chi connectivity index (χ3v) is 8.01. The Morgan fingerprint density at radius 2 is 1.44 bits per heavy atom. The van der Waals surface area contributed by atoms with Gasteiger partial charge in [-0.1, -0.05) is 6.42 Å². The summed E-state index contributed by atoms with van der Waals surface area (Å²) < 4.78 is 16.7. The van der Waals surface area contributed by atoms with Crippen LogP contribution in [0.1, 0.15) is 58.3 Å². The number of unbranched alkanes of at least 4 members (excludes halogenated alkanes) is 2. The van der Waals surface area contributed by atoms with Gasteiger partial charge in [0.25, 0.3) is 11.8 Å². The third kappa shape index (κ3) is 9.83. The van der Waals surface area contributed by atoms with Gasteiger partial charge >= 0.3 is 5.97 Å². The zero-order valence-electron chi connectivity index (χ0n) is 24.3. The maximum atomic E-state index is 12.0. The van der Waals surface area contributed by atoms with Crippen LogP contribution in [0.2, 0.25) is 0 Å². The number of nitrogens with zero attached hydrogens (tertiary/aromatic N) is 2. The van der Waals surface area contributed by atoms with Crippen molar-refractivity contribution in [2.24, 2.45) is 0 Å². The number of amides is 2.